The lowest BCUT2D eigenvalue weighted by atomic mass is 9.94. The third-order valence-corrected chi connectivity index (χ3v) is 7.27. The van der Waals surface area contributed by atoms with Crippen molar-refractivity contribution in [3.63, 3.8) is 0 Å². The summed E-state index contributed by atoms with van der Waals surface area (Å²) in [5, 5.41) is 10.9. The van der Waals surface area contributed by atoms with Crippen molar-refractivity contribution in [2.75, 3.05) is 6.61 Å². The van der Waals surface area contributed by atoms with E-state index in [1.54, 1.807) is 12.1 Å². The normalized spacial score (nSPS) is 19.8. The first-order valence-electron chi connectivity index (χ1n) is 11.0. The van der Waals surface area contributed by atoms with Gasteiger partial charge in [-0.3, -0.25) is 9.69 Å². The first kappa shape index (κ1) is 22.9. The van der Waals surface area contributed by atoms with Crippen LogP contribution in [0.5, 0.6) is 11.5 Å². The largest absolute Gasteiger partial charge is 0.503 e. The fraction of sp³-hybridized carbons (Fsp3) is 0.360. The van der Waals surface area contributed by atoms with E-state index < -0.39 is 0 Å². The maximum Gasteiger partial charge on any atom is 0.267 e. The third-order valence-electron chi connectivity index (χ3n) is 5.68. The van der Waals surface area contributed by atoms with E-state index >= 15 is 0 Å². The summed E-state index contributed by atoms with van der Waals surface area (Å²) in [5.41, 5.74) is 2.81. The Hall–Kier alpha value is -2.25. The Kier molecular flexibility index (Phi) is 7.26. The Balaban J connectivity index is 1.71. The molecule has 168 valence electrons. The summed E-state index contributed by atoms with van der Waals surface area (Å²) < 4.78 is 6.07. The zero-order chi connectivity index (χ0) is 22.7. The number of aliphatic imine (C=N–C) groups is 1. The SMILES string of the molecule is CCOc1cc(/C=C2/SC(=Nc3ccc(C)cc3)N(C3CCCCC3)C2=O)cc(Br)c1O. The van der Waals surface area contributed by atoms with Crippen LogP contribution in [0.1, 0.15) is 50.2 Å². The number of amidine groups is 1. The van der Waals surface area contributed by atoms with Crippen LogP contribution >= 0.6 is 27.7 Å². The van der Waals surface area contributed by atoms with Crippen molar-refractivity contribution in [3.05, 3.63) is 56.9 Å². The summed E-state index contributed by atoms with van der Waals surface area (Å²) in [6, 6.07) is 11.8. The molecule has 2 aromatic carbocycles. The zero-order valence-corrected chi connectivity index (χ0v) is 20.7. The van der Waals surface area contributed by atoms with Crippen molar-refractivity contribution in [2.24, 2.45) is 4.99 Å². The molecule has 0 unspecified atom stereocenters. The van der Waals surface area contributed by atoms with E-state index in [2.05, 4.69) is 15.9 Å². The van der Waals surface area contributed by atoms with Gasteiger partial charge in [0.2, 0.25) is 0 Å². The van der Waals surface area contributed by atoms with Crippen LogP contribution in [0.25, 0.3) is 6.08 Å². The molecule has 0 atom stereocenters. The number of phenolic OH excluding ortho intramolecular Hbond substituents is 1. The Bertz CT molecular complexity index is 1060. The molecular formula is C25H27BrN2O3S. The first-order chi connectivity index (χ1) is 15.5. The van der Waals surface area contributed by atoms with Gasteiger partial charge in [-0.05, 0) is 90.3 Å². The minimum atomic E-state index is -0.00470. The highest BCUT2D eigenvalue weighted by Crippen LogP contribution is 2.40. The van der Waals surface area contributed by atoms with Gasteiger partial charge in [0.15, 0.2) is 16.7 Å². The Labute approximate surface area is 201 Å². The topological polar surface area (TPSA) is 62.1 Å². The van der Waals surface area contributed by atoms with Gasteiger partial charge in [-0.1, -0.05) is 37.0 Å². The zero-order valence-electron chi connectivity index (χ0n) is 18.3. The highest BCUT2D eigenvalue weighted by molar-refractivity contribution is 9.10. The van der Waals surface area contributed by atoms with Crippen LogP contribution < -0.4 is 4.74 Å². The standard InChI is InChI=1S/C25H27BrN2O3S/c1-3-31-21-14-17(13-20(26)23(21)29)15-22-24(30)28(19-7-5-4-6-8-19)25(32-22)27-18-11-9-16(2)10-12-18/h9-15,19,29H,3-8H2,1-2H3/b22-15+,27-25?. The second-order valence-electron chi connectivity index (χ2n) is 8.09. The van der Waals surface area contributed by atoms with Crippen LogP contribution in [-0.4, -0.2) is 33.7 Å². The summed E-state index contributed by atoms with van der Waals surface area (Å²) >= 11 is 4.80. The van der Waals surface area contributed by atoms with Gasteiger partial charge in [-0.15, -0.1) is 0 Å². The number of ether oxygens (including phenoxy) is 1. The van der Waals surface area contributed by atoms with Crippen LogP contribution in [0.2, 0.25) is 0 Å². The van der Waals surface area contributed by atoms with Crippen LogP contribution in [-0.2, 0) is 4.79 Å². The molecule has 1 saturated heterocycles. The Morgan fingerprint density at radius 3 is 2.62 bits per heavy atom. The van der Waals surface area contributed by atoms with Crippen molar-refractivity contribution in [3.8, 4) is 11.5 Å². The minimum Gasteiger partial charge on any atom is -0.503 e. The number of hydrogen-bond donors (Lipinski definition) is 1. The Morgan fingerprint density at radius 1 is 1.22 bits per heavy atom. The lowest BCUT2D eigenvalue weighted by Crippen LogP contribution is -2.40. The predicted molar refractivity (Wildman–Crippen MR) is 135 cm³/mol. The monoisotopic (exact) mass is 514 g/mol. The lowest BCUT2D eigenvalue weighted by molar-refractivity contribution is -0.124. The number of hydrogen-bond acceptors (Lipinski definition) is 5. The summed E-state index contributed by atoms with van der Waals surface area (Å²) in [6.45, 7) is 4.35. The molecule has 1 N–H and O–H groups in total. The highest BCUT2D eigenvalue weighted by Gasteiger charge is 2.38. The van der Waals surface area contributed by atoms with Gasteiger partial charge in [0.1, 0.15) is 0 Å². The molecule has 0 bridgehead atoms. The van der Waals surface area contributed by atoms with E-state index in [9.17, 15) is 9.90 Å². The van der Waals surface area contributed by atoms with Gasteiger partial charge < -0.3 is 9.84 Å². The van der Waals surface area contributed by atoms with Gasteiger partial charge in [0, 0.05) is 6.04 Å². The number of amides is 1. The maximum absolute atomic E-state index is 13.5. The molecule has 1 saturated carbocycles. The quantitative estimate of drug-likeness (QED) is 0.445. The molecule has 0 aromatic heterocycles. The molecule has 1 aliphatic heterocycles. The van der Waals surface area contributed by atoms with Crippen molar-refractivity contribution < 1.29 is 14.6 Å². The van der Waals surface area contributed by atoms with Gasteiger partial charge in [0.05, 0.1) is 21.7 Å². The molecule has 0 spiro atoms. The average Bonchev–Trinajstić information content (AvgIpc) is 3.08. The first-order valence-corrected chi connectivity index (χ1v) is 12.6. The summed E-state index contributed by atoms with van der Waals surface area (Å²) in [7, 11) is 0. The fourth-order valence-electron chi connectivity index (χ4n) is 4.05. The van der Waals surface area contributed by atoms with Gasteiger partial charge >= 0.3 is 0 Å². The van der Waals surface area contributed by atoms with Crippen molar-refractivity contribution in [2.45, 2.75) is 52.0 Å². The van der Waals surface area contributed by atoms with Gasteiger partial charge in [-0.2, -0.15) is 0 Å². The number of carbonyl (C=O) groups excluding carboxylic acids is 1. The summed E-state index contributed by atoms with van der Waals surface area (Å²) in [5.74, 6) is 0.446. The number of benzene rings is 2. The number of aryl methyl sites for hydroxylation is 1. The maximum atomic E-state index is 13.5. The number of rotatable bonds is 5. The molecule has 2 aliphatic rings. The molecule has 1 aliphatic carbocycles. The van der Waals surface area contributed by atoms with Crippen molar-refractivity contribution in [1.29, 1.82) is 0 Å². The number of thioether (sulfide) groups is 1. The Morgan fingerprint density at radius 2 is 1.94 bits per heavy atom. The number of nitrogens with zero attached hydrogens (tertiary/aromatic N) is 2. The number of halogens is 1. The molecule has 2 aromatic rings. The van der Waals surface area contributed by atoms with Gasteiger partial charge in [-0.25, -0.2) is 4.99 Å². The summed E-state index contributed by atoms with van der Waals surface area (Å²) in [4.78, 5) is 20.9. The molecule has 1 heterocycles. The molecule has 0 radical (unpaired) electrons. The minimum absolute atomic E-state index is 0.00470. The van der Waals surface area contributed by atoms with Crippen molar-refractivity contribution >= 4 is 50.5 Å². The smallest absolute Gasteiger partial charge is 0.267 e. The third kappa shape index (κ3) is 5.04. The average molecular weight is 515 g/mol. The number of aromatic hydroxyl groups is 1. The van der Waals surface area contributed by atoms with E-state index in [-0.39, 0.29) is 17.7 Å². The predicted octanol–water partition coefficient (Wildman–Crippen LogP) is 6.80. The van der Waals surface area contributed by atoms with E-state index in [4.69, 9.17) is 9.73 Å². The van der Waals surface area contributed by atoms with E-state index in [0.717, 1.165) is 42.1 Å². The molecule has 2 fully saturated rings. The molecule has 1 amide bonds. The second-order valence-corrected chi connectivity index (χ2v) is 9.95. The molecular weight excluding hydrogens is 488 g/mol. The highest BCUT2D eigenvalue weighted by atomic mass is 79.9. The second kappa shape index (κ2) is 10.1. The molecule has 4 rings (SSSR count). The fourth-order valence-corrected chi connectivity index (χ4v) is 5.57. The molecule has 5 nitrogen and oxygen atoms in total. The van der Waals surface area contributed by atoms with Crippen LogP contribution in [0.4, 0.5) is 5.69 Å². The van der Waals surface area contributed by atoms with Crippen LogP contribution in [0, 0.1) is 6.92 Å². The number of carbonyl (C=O) groups is 1. The molecule has 32 heavy (non-hydrogen) atoms. The van der Waals surface area contributed by atoms with Gasteiger partial charge in [0.25, 0.3) is 5.91 Å². The summed E-state index contributed by atoms with van der Waals surface area (Å²) in [6.07, 6.45) is 7.36. The van der Waals surface area contributed by atoms with Crippen LogP contribution in [0.3, 0.4) is 0 Å². The molecule has 7 heteroatoms. The van der Waals surface area contributed by atoms with E-state index in [1.807, 2.05) is 49.1 Å². The number of phenols is 1. The van der Waals surface area contributed by atoms with E-state index in [0.29, 0.717) is 21.7 Å². The van der Waals surface area contributed by atoms with Crippen molar-refractivity contribution in [1.82, 2.24) is 4.90 Å². The van der Waals surface area contributed by atoms with Crippen LogP contribution in [0.15, 0.2) is 50.8 Å². The van der Waals surface area contributed by atoms with E-state index in [1.165, 1.54) is 23.7 Å². The lowest BCUT2D eigenvalue weighted by Gasteiger charge is -2.30.